The van der Waals surface area contributed by atoms with Gasteiger partial charge in [-0.1, -0.05) is 19.3 Å². The highest BCUT2D eigenvalue weighted by molar-refractivity contribution is 9.10. The molecule has 2 aromatic rings. The molecule has 1 N–H and O–H groups in total. The van der Waals surface area contributed by atoms with Crippen LogP contribution in [0, 0.1) is 6.92 Å². The van der Waals surface area contributed by atoms with Gasteiger partial charge in [-0.05, 0) is 59.5 Å². The summed E-state index contributed by atoms with van der Waals surface area (Å²) in [6, 6.07) is 5.40. The van der Waals surface area contributed by atoms with E-state index in [9.17, 15) is 4.79 Å². The van der Waals surface area contributed by atoms with Gasteiger partial charge >= 0.3 is 5.97 Å². The Kier molecular flexibility index (Phi) is 6.53. The zero-order valence-electron chi connectivity index (χ0n) is 14.9. The molecule has 3 rings (SSSR count). The second-order valence-corrected chi connectivity index (χ2v) is 8.51. The zero-order valence-corrected chi connectivity index (χ0v) is 17.3. The van der Waals surface area contributed by atoms with Gasteiger partial charge in [-0.15, -0.1) is 11.8 Å². The number of thioether (sulfide) groups is 1. The number of nitrogens with one attached hydrogen (secondary N) is 1. The molecule has 26 heavy (non-hydrogen) atoms. The van der Waals surface area contributed by atoms with E-state index in [2.05, 4.69) is 26.2 Å². The summed E-state index contributed by atoms with van der Waals surface area (Å²) in [7, 11) is 1.37. The minimum absolute atomic E-state index is 0.390. The molecule has 1 aromatic carbocycles. The summed E-state index contributed by atoms with van der Waals surface area (Å²) in [5, 5.41) is 4.86. The van der Waals surface area contributed by atoms with E-state index < -0.39 is 0 Å². The van der Waals surface area contributed by atoms with Gasteiger partial charge in [0.2, 0.25) is 5.95 Å². The van der Waals surface area contributed by atoms with E-state index in [1.54, 1.807) is 12.1 Å². The minimum atomic E-state index is -0.390. The van der Waals surface area contributed by atoms with Crippen LogP contribution in [-0.2, 0) is 4.74 Å². The number of aryl methyl sites for hydroxylation is 1. The number of ether oxygens (including phenoxy) is 1. The number of hydrogen-bond acceptors (Lipinski definition) is 6. The minimum Gasteiger partial charge on any atom is -0.465 e. The van der Waals surface area contributed by atoms with Crippen LogP contribution in [0.4, 0.5) is 11.6 Å². The summed E-state index contributed by atoms with van der Waals surface area (Å²) in [4.78, 5) is 20.9. The van der Waals surface area contributed by atoms with Gasteiger partial charge in [0.15, 0.2) is 0 Å². The summed E-state index contributed by atoms with van der Waals surface area (Å²) >= 11 is 5.23. The number of rotatable bonds is 5. The van der Waals surface area contributed by atoms with Gasteiger partial charge in [0.05, 0.1) is 12.7 Å². The second-order valence-electron chi connectivity index (χ2n) is 6.37. The number of halogens is 1. The number of carbonyl (C=O) groups is 1. The Bertz CT molecular complexity index is 794. The Labute approximate surface area is 166 Å². The molecule has 0 saturated heterocycles. The lowest BCUT2D eigenvalue weighted by atomic mass is 10.0. The van der Waals surface area contributed by atoms with E-state index in [4.69, 9.17) is 9.72 Å². The van der Waals surface area contributed by atoms with Gasteiger partial charge in [-0.2, -0.15) is 0 Å². The summed E-state index contributed by atoms with van der Waals surface area (Å²) < 4.78 is 5.50. The third-order valence-corrected chi connectivity index (χ3v) is 6.52. The molecule has 138 valence electrons. The van der Waals surface area contributed by atoms with Crippen LogP contribution < -0.4 is 5.32 Å². The van der Waals surface area contributed by atoms with Crippen molar-refractivity contribution in [2.75, 3.05) is 12.4 Å². The van der Waals surface area contributed by atoms with Gasteiger partial charge in [-0.3, -0.25) is 0 Å². The van der Waals surface area contributed by atoms with Crippen LogP contribution in [0.15, 0.2) is 33.9 Å². The number of hydrogen-bond donors (Lipinski definition) is 1. The number of esters is 1. The molecule has 0 unspecified atom stereocenters. The first-order chi connectivity index (χ1) is 12.6. The summed E-state index contributed by atoms with van der Waals surface area (Å²) in [5.41, 5.74) is 2.30. The first kappa shape index (κ1) is 19.2. The number of methoxy groups -OCH3 is 1. The predicted octanol–water partition coefficient (Wildman–Crippen LogP) is 5.50. The lowest BCUT2D eigenvalue weighted by Gasteiger charge is -2.21. The lowest BCUT2D eigenvalue weighted by molar-refractivity contribution is 0.0599. The molecule has 1 aromatic heterocycles. The van der Waals surface area contributed by atoms with Crippen molar-refractivity contribution in [2.24, 2.45) is 0 Å². The van der Waals surface area contributed by atoms with Gasteiger partial charge in [0.1, 0.15) is 5.03 Å². The highest BCUT2D eigenvalue weighted by atomic mass is 79.9. The second kappa shape index (κ2) is 8.86. The molecule has 0 aliphatic heterocycles. The van der Waals surface area contributed by atoms with Gasteiger partial charge < -0.3 is 10.1 Å². The monoisotopic (exact) mass is 435 g/mol. The maximum Gasteiger partial charge on any atom is 0.339 e. The fourth-order valence-corrected chi connectivity index (χ4v) is 4.62. The maximum absolute atomic E-state index is 11.8. The topological polar surface area (TPSA) is 64.1 Å². The molecule has 0 bridgehead atoms. The van der Waals surface area contributed by atoms with Crippen molar-refractivity contribution in [1.29, 1.82) is 0 Å². The van der Waals surface area contributed by atoms with Crippen molar-refractivity contribution < 1.29 is 9.53 Å². The third kappa shape index (κ3) is 4.76. The van der Waals surface area contributed by atoms with Gasteiger partial charge in [-0.25, -0.2) is 14.8 Å². The Balaban J connectivity index is 1.77. The fraction of sp³-hybridized carbons (Fsp3) is 0.421. The quantitative estimate of drug-likeness (QED) is 0.493. The van der Waals surface area contributed by atoms with E-state index in [1.807, 2.05) is 30.9 Å². The van der Waals surface area contributed by atoms with Crippen molar-refractivity contribution >= 4 is 45.3 Å². The highest BCUT2D eigenvalue weighted by Crippen LogP contribution is 2.34. The number of benzene rings is 1. The normalized spacial score (nSPS) is 14.9. The number of anilines is 2. The van der Waals surface area contributed by atoms with Crippen molar-refractivity contribution in [1.82, 2.24) is 9.97 Å². The van der Waals surface area contributed by atoms with E-state index in [-0.39, 0.29) is 5.97 Å². The molecule has 1 aliphatic rings. The lowest BCUT2D eigenvalue weighted by Crippen LogP contribution is -2.09. The van der Waals surface area contributed by atoms with Crippen LogP contribution in [-0.4, -0.2) is 28.3 Å². The SMILES string of the molecule is COC(=O)c1cc(Nc2ncc(C)c(SC3CCCCC3)n2)ccc1Br. The number of carbonyl (C=O) groups excluding carboxylic acids is 1. The molecule has 7 heteroatoms. The molecule has 0 atom stereocenters. The van der Waals surface area contributed by atoms with Gasteiger partial charge in [0, 0.05) is 21.6 Å². The Morgan fingerprint density at radius 3 is 2.81 bits per heavy atom. The van der Waals surface area contributed by atoms with Crippen molar-refractivity contribution in [2.45, 2.75) is 49.3 Å². The van der Waals surface area contributed by atoms with Crippen molar-refractivity contribution in [3.8, 4) is 0 Å². The summed E-state index contributed by atoms with van der Waals surface area (Å²) in [5.74, 6) is 0.144. The van der Waals surface area contributed by atoms with Crippen LogP contribution in [0.1, 0.15) is 48.0 Å². The van der Waals surface area contributed by atoms with E-state index in [1.165, 1.54) is 39.2 Å². The molecule has 1 saturated carbocycles. The van der Waals surface area contributed by atoms with Crippen LogP contribution in [0.3, 0.4) is 0 Å². The first-order valence-corrected chi connectivity index (χ1v) is 10.4. The van der Waals surface area contributed by atoms with Crippen molar-refractivity contribution in [3.63, 3.8) is 0 Å². The van der Waals surface area contributed by atoms with Crippen molar-refractivity contribution in [3.05, 3.63) is 40.0 Å². The van der Waals surface area contributed by atoms with Crippen LogP contribution in [0.2, 0.25) is 0 Å². The van der Waals surface area contributed by atoms with E-state index in [0.717, 1.165) is 16.3 Å². The van der Waals surface area contributed by atoms with Gasteiger partial charge in [0.25, 0.3) is 0 Å². The number of aromatic nitrogens is 2. The number of nitrogens with zero attached hydrogens (tertiary/aromatic N) is 2. The molecule has 1 aliphatic carbocycles. The highest BCUT2D eigenvalue weighted by Gasteiger charge is 2.17. The zero-order chi connectivity index (χ0) is 18.5. The Hall–Kier alpha value is -1.60. The van der Waals surface area contributed by atoms with Crippen LogP contribution in [0.5, 0.6) is 0 Å². The third-order valence-electron chi connectivity index (χ3n) is 4.38. The maximum atomic E-state index is 11.8. The Morgan fingerprint density at radius 2 is 2.08 bits per heavy atom. The largest absolute Gasteiger partial charge is 0.465 e. The molecule has 1 heterocycles. The Morgan fingerprint density at radius 1 is 1.31 bits per heavy atom. The molecule has 0 radical (unpaired) electrons. The van der Waals surface area contributed by atoms with E-state index in [0.29, 0.717) is 21.2 Å². The van der Waals surface area contributed by atoms with Crippen LogP contribution in [0.25, 0.3) is 0 Å². The predicted molar refractivity (Wildman–Crippen MR) is 108 cm³/mol. The summed E-state index contributed by atoms with van der Waals surface area (Å²) in [6.07, 6.45) is 8.32. The first-order valence-electron chi connectivity index (χ1n) is 8.72. The summed E-state index contributed by atoms with van der Waals surface area (Å²) in [6.45, 7) is 2.05. The molecular weight excluding hydrogens is 414 g/mol. The molecule has 0 spiro atoms. The molecule has 1 fully saturated rings. The van der Waals surface area contributed by atoms with Crippen LogP contribution >= 0.6 is 27.7 Å². The average molecular weight is 436 g/mol. The molecule has 0 amide bonds. The molecule has 5 nitrogen and oxygen atoms in total. The fourth-order valence-electron chi connectivity index (χ4n) is 2.95. The molecular formula is C19H22BrN3O2S. The van der Waals surface area contributed by atoms with E-state index >= 15 is 0 Å². The average Bonchev–Trinajstić information content (AvgIpc) is 2.66. The standard InChI is InChI=1S/C19H22BrN3O2S/c1-12-11-21-19(23-17(12)26-14-6-4-3-5-7-14)22-13-8-9-16(20)15(10-13)18(24)25-2/h8-11,14H,3-7H2,1-2H3,(H,21,22,23). The smallest absolute Gasteiger partial charge is 0.339 e.